The van der Waals surface area contributed by atoms with Crippen molar-refractivity contribution < 1.29 is 14.3 Å². The van der Waals surface area contributed by atoms with Gasteiger partial charge in [-0.3, -0.25) is 9.59 Å². The lowest BCUT2D eigenvalue weighted by molar-refractivity contribution is -0.148. The molecule has 1 heterocycles. The van der Waals surface area contributed by atoms with Crippen molar-refractivity contribution in [2.45, 2.75) is 45.1 Å². The summed E-state index contributed by atoms with van der Waals surface area (Å²) >= 11 is 1.59. The van der Waals surface area contributed by atoms with Crippen LogP contribution in [0.25, 0.3) is 0 Å². The minimum atomic E-state index is -0.181. The Bertz CT molecular complexity index is 571. The summed E-state index contributed by atoms with van der Waals surface area (Å²) < 4.78 is 4.93. The Balaban J connectivity index is 1.63. The minimum absolute atomic E-state index is 0.0422. The third-order valence-corrected chi connectivity index (χ3v) is 6.00. The summed E-state index contributed by atoms with van der Waals surface area (Å²) in [6.45, 7) is 2.05. The Morgan fingerprint density at radius 2 is 2.18 bits per heavy atom. The predicted molar refractivity (Wildman–Crippen MR) is 83.5 cm³/mol. The molecule has 4 atom stereocenters. The molecule has 1 N–H and O–H groups in total. The number of carbonyl (C=O) groups excluding carboxylic acids is 2. The van der Waals surface area contributed by atoms with E-state index >= 15 is 0 Å². The van der Waals surface area contributed by atoms with Crippen molar-refractivity contribution in [2.75, 3.05) is 7.11 Å². The van der Waals surface area contributed by atoms with Crippen molar-refractivity contribution >= 4 is 23.2 Å². The van der Waals surface area contributed by atoms with E-state index in [1.807, 2.05) is 5.38 Å². The normalized spacial score (nSPS) is 29.5. The zero-order valence-electron chi connectivity index (χ0n) is 13.0. The van der Waals surface area contributed by atoms with Gasteiger partial charge < -0.3 is 10.1 Å². The quantitative estimate of drug-likeness (QED) is 0.841. The molecule has 0 radical (unpaired) electrons. The highest BCUT2D eigenvalue weighted by atomic mass is 32.1. The highest BCUT2D eigenvalue weighted by molar-refractivity contribution is 7.09. The van der Waals surface area contributed by atoms with Crippen molar-refractivity contribution in [3.8, 4) is 0 Å². The van der Waals surface area contributed by atoms with Crippen molar-refractivity contribution in [1.29, 1.82) is 0 Å². The molecule has 120 valence electrons. The summed E-state index contributed by atoms with van der Waals surface area (Å²) in [5.41, 5.74) is 0.817. The maximum absolute atomic E-state index is 12.3. The number of rotatable bonds is 5. The fraction of sp³-hybridized carbons (Fsp3) is 0.688. The maximum atomic E-state index is 12.3. The van der Waals surface area contributed by atoms with Crippen LogP contribution in [0.2, 0.25) is 0 Å². The molecule has 1 aromatic rings. The Kier molecular flexibility index (Phi) is 4.47. The van der Waals surface area contributed by atoms with Crippen molar-refractivity contribution in [1.82, 2.24) is 10.3 Å². The van der Waals surface area contributed by atoms with Crippen LogP contribution in [-0.2, 0) is 27.2 Å². The molecule has 2 aliphatic rings. The predicted octanol–water partition coefficient (Wildman–Crippen LogP) is 1.95. The van der Waals surface area contributed by atoms with Gasteiger partial charge in [0.1, 0.15) is 0 Å². The van der Waals surface area contributed by atoms with Crippen LogP contribution in [0.3, 0.4) is 0 Å². The number of ether oxygens (including phenoxy) is 1. The molecule has 3 rings (SSSR count). The van der Waals surface area contributed by atoms with Gasteiger partial charge in [-0.25, -0.2) is 4.98 Å². The number of carbonyl (C=O) groups is 2. The van der Waals surface area contributed by atoms with E-state index in [9.17, 15) is 9.59 Å². The monoisotopic (exact) mass is 322 g/mol. The van der Waals surface area contributed by atoms with Gasteiger partial charge in [0, 0.05) is 11.4 Å². The molecule has 1 aromatic heterocycles. The maximum Gasteiger partial charge on any atom is 0.311 e. The number of aryl methyl sites for hydroxylation is 1. The van der Waals surface area contributed by atoms with Crippen LogP contribution in [0.4, 0.5) is 0 Å². The second-order valence-electron chi connectivity index (χ2n) is 6.24. The number of fused-ring (bicyclic) bond motifs is 2. The molecule has 1 amide bonds. The number of nitrogens with zero attached hydrogens (tertiary/aromatic N) is 1. The smallest absolute Gasteiger partial charge is 0.311 e. The van der Waals surface area contributed by atoms with Gasteiger partial charge in [0.05, 0.1) is 30.2 Å². The SMILES string of the molecule is CCc1nc(CC(=O)N[C@@H]2[C@H]3CC[C@@H](C3)[C@H]2C(=O)OC)cs1. The van der Waals surface area contributed by atoms with E-state index in [1.165, 1.54) is 7.11 Å². The van der Waals surface area contributed by atoms with Crippen LogP contribution in [-0.4, -0.2) is 30.0 Å². The first-order valence-electron chi connectivity index (χ1n) is 7.92. The first-order chi connectivity index (χ1) is 10.6. The second-order valence-corrected chi connectivity index (χ2v) is 7.18. The minimum Gasteiger partial charge on any atom is -0.469 e. The number of esters is 1. The molecule has 2 bridgehead atoms. The molecule has 0 spiro atoms. The lowest BCUT2D eigenvalue weighted by atomic mass is 9.84. The number of aromatic nitrogens is 1. The van der Waals surface area contributed by atoms with Gasteiger partial charge in [0.15, 0.2) is 0 Å². The van der Waals surface area contributed by atoms with Gasteiger partial charge >= 0.3 is 5.97 Å². The number of hydrogen-bond acceptors (Lipinski definition) is 5. The van der Waals surface area contributed by atoms with E-state index in [4.69, 9.17) is 4.74 Å². The number of methoxy groups -OCH3 is 1. The van der Waals surface area contributed by atoms with E-state index in [-0.39, 0.29) is 30.3 Å². The average Bonchev–Trinajstić information content (AvgIpc) is 3.21. The van der Waals surface area contributed by atoms with E-state index in [1.54, 1.807) is 11.3 Å². The van der Waals surface area contributed by atoms with E-state index in [0.29, 0.717) is 11.8 Å². The van der Waals surface area contributed by atoms with Gasteiger partial charge in [-0.1, -0.05) is 6.92 Å². The topological polar surface area (TPSA) is 68.3 Å². The number of nitrogens with one attached hydrogen (secondary N) is 1. The van der Waals surface area contributed by atoms with Crippen LogP contribution in [0.5, 0.6) is 0 Å². The zero-order valence-corrected chi connectivity index (χ0v) is 13.8. The summed E-state index contributed by atoms with van der Waals surface area (Å²) in [5, 5.41) is 6.07. The summed E-state index contributed by atoms with van der Waals surface area (Å²) in [5.74, 6) is 0.390. The molecule has 0 aliphatic heterocycles. The van der Waals surface area contributed by atoms with Gasteiger partial charge in [0.25, 0.3) is 0 Å². The Hall–Kier alpha value is -1.43. The van der Waals surface area contributed by atoms with E-state index < -0.39 is 0 Å². The van der Waals surface area contributed by atoms with Gasteiger partial charge in [-0.05, 0) is 37.5 Å². The Morgan fingerprint density at radius 1 is 1.41 bits per heavy atom. The van der Waals surface area contributed by atoms with Crippen LogP contribution in [0, 0.1) is 17.8 Å². The summed E-state index contributed by atoms with van der Waals surface area (Å²) in [6.07, 6.45) is 4.38. The summed E-state index contributed by atoms with van der Waals surface area (Å²) in [4.78, 5) is 28.7. The summed E-state index contributed by atoms with van der Waals surface area (Å²) in [6, 6.07) is -0.0667. The summed E-state index contributed by atoms with van der Waals surface area (Å²) in [7, 11) is 1.43. The van der Waals surface area contributed by atoms with Crippen LogP contribution >= 0.6 is 11.3 Å². The highest BCUT2D eigenvalue weighted by Crippen LogP contribution is 2.48. The largest absolute Gasteiger partial charge is 0.469 e. The molecule has 22 heavy (non-hydrogen) atoms. The molecule has 2 aliphatic carbocycles. The first-order valence-corrected chi connectivity index (χ1v) is 8.80. The van der Waals surface area contributed by atoms with Crippen molar-refractivity contribution in [2.24, 2.45) is 17.8 Å². The molecule has 0 aromatic carbocycles. The fourth-order valence-electron chi connectivity index (χ4n) is 3.97. The van der Waals surface area contributed by atoms with E-state index in [2.05, 4.69) is 17.2 Å². The third kappa shape index (κ3) is 2.89. The number of hydrogen-bond donors (Lipinski definition) is 1. The molecular weight excluding hydrogens is 300 g/mol. The number of amides is 1. The highest BCUT2D eigenvalue weighted by Gasteiger charge is 2.51. The average molecular weight is 322 g/mol. The van der Waals surface area contributed by atoms with Crippen LogP contribution in [0.1, 0.15) is 36.9 Å². The third-order valence-electron chi connectivity index (χ3n) is 4.96. The van der Waals surface area contributed by atoms with Crippen LogP contribution < -0.4 is 5.32 Å². The molecule has 0 unspecified atom stereocenters. The van der Waals surface area contributed by atoms with Crippen molar-refractivity contribution in [3.05, 3.63) is 16.1 Å². The lowest BCUT2D eigenvalue weighted by Crippen LogP contribution is -2.47. The van der Waals surface area contributed by atoms with E-state index in [0.717, 1.165) is 36.4 Å². The molecule has 2 fully saturated rings. The molecule has 2 saturated carbocycles. The Labute approximate surface area is 134 Å². The first kappa shape index (κ1) is 15.5. The van der Waals surface area contributed by atoms with Gasteiger partial charge in [-0.2, -0.15) is 0 Å². The molecular formula is C16H22N2O3S. The molecule has 6 heteroatoms. The van der Waals surface area contributed by atoms with Gasteiger partial charge in [0.2, 0.25) is 5.91 Å². The van der Waals surface area contributed by atoms with Crippen molar-refractivity contribution in [3.63, 3.8) is 0 Å². The van der Waals surface area contributed by atoms with Gasteiger partial charge in [-0.15, -0.1) is 11.3 Å². The lowest BCUT2D eigenvalue weighted by Gasteiger charge is -2.29. The molecule has 5 nitrogen and oxygen atoms in total. The standard InChI is InChI=1S/C16H22N2O3S/c1-3-13-17-11(8-22-13)7-12(19)18-15-10-5-4-9(6-10)14(15)16(20)21-2/h8-10,14-15H,3-7H2,1-2H3,(H,18,19)/t9-,10-,14+,15+/m0/s1. The second kappa shape index (κ2) is 6.36. The molecule has 0 saturated heterocycles. The number of thiazole rings is 1. The Morgan fingerprint density at radius 3 is 2.86 bits per heavy atom. The van der Waals surface area contributed by atoms with Crippen LogP contribution in [0.15, 0.2) is 5.38 Å². The fourth-order valence-corrected chi connectivity index (χ4v) is 4.71. The zero-order chi connectivity index (χ0) is 15.7.